The van der Waals surface area contributed by atoms with Crippen molar-refractivity contribution < 1.29 is 18.7 Å². The number of carbonyl (C=O) groups is 1. The molecule has 0 radical (unpaired) electrons. The molecule has 0 aliphatic carbocycles. The van der Waals surface area contributed by atoms with E-state index in [1.807, 2.05) is 0 Å². The summed E-state index contributed by atoms with van der Waals surface area (Å²) in [5, 5.41) is 13.5. The van der Waals surface area contributed by atoms with Crippen molar-refractivity contribution in [1.82, 2.24) is 9.78 Å². The molecule has 2 heterocycles. The number of aromatic nitrogens is 2. The number of nitrogens with zero attached hydrogens (tertiary/aromatic N) is 2. The molecular formula is C13H9FN2O3. The van der Waals surface area contributed by atoms with Crippen molar-refractivity contribution >= 4 is 16.9 Å². The Morgan fingerprint density at radius 3 is 2.89 bits per heavy atom. The smallest absolute Gasteiger partial charge is 0.356 e. The minimum absolute atomic E-state index is 0.121. The molecule has 0 atom stereocenters. The Morgan fingerprint density at radius 2 is 2.21 bits per heavy atom. The number of rotatable bonds is 2. The lowest BCUT2D eigenvalue weighted by molar-refractivity contribution is 0.0689. The van der Waals surface area contributed by atoms with Crippen LogP contribution in [-0.2, 0) is 7.05 Å². The number of aromatic carboxylic acids is 1. The molecule has 0 saturated heterocycles. The Kier molecular flexibility index (Phi) is 2.38. The van der Waals surface area contributed by atoms with E-state index in [0.717, 1.165) is 5.39 Å². The Labute approximate surface area is 106 Å². The third-order valence-corrected chi connectivity index (χ3v) is 2.92. The van der Waals surface area contributed by atoms with Crippen LogP contribution in [0, 0.1) is 5.82 Å². The molecular weight excluding hydrogens is 251 g/mol. The molecule has 3 rings (SSSR count). The average Bonchev–Trinajstić information content (AvgIpc) is 2.94. The van der Waals surface area contributed by atoms with E-state index in [-0.39, 0.29) is 11.3 Å². The SMILES string of the molecule is Cn1nc(C(=O)O)cc1-c1cc2ccoc2cc1F. The minimum atomic E-state index is -1.15. The highest BCUT2D eigenvalue weighted by molar-refractivity contribution is 5.88. The molecule has 1 aromatic carbocycles. The summed E-state index contributed by atoms with van der Waals surface area (Å²) in [5.41, 5.74) is 1.01. The molecule has 0 saturated carbocycles. The second-order valence-electron chi connectivity index (χ2n) is 4.13. The lowest BCUT2D eigenvalue weighted by Crippen LogP contribution is -1.99. The summed E-state index contributed by atoms with van der Waals surface area (Å²) in [5.74, 6) is -1.63. The molecule has 96 valence electrons. The molecule has 2 aromatic heterocycles. The van der Waals surface area contributed by atoms with Crippen LogP contribution in [-0.4, -0.2) is 20.9 Å². The first-order valence-electron chi connectivity index (χ1n) is 5.51. The standard InChI is InChI=1S/C13H9FN2O3/c1-16-11(6-10(15-16)13(17)18)8-4-7-2-3-19-12(7)5-9(8)14/h2-6H,1H3,(H,17,18). The molecule has 5 nitrogen and oxygen atoms in total. The Bertz CT molecular complexity index is 788. The first-order chi connectivity index (χ1) is 9.06. The van der Waals surface area contributed by atoms with E-state index in [4.69, 9.17) is 9.52 Å². The topological polar surface area (TPSA) is 68.3 Å². The monoisotopic (exact) mass is 260 g/mol. The molecule has 0 spiro atoms. The zero-order chi connectivity index (χ0) is 13.6. The van der Waals surface area contributed by atoms with Gasteiger partial charge in [0, 0.05) is 24.1 Å². The lowest BCUT2D eigenvalue weighted by atomic mass is 10.1. The number of furan rings is 1. The van der Waals surface area contributed by atoms with Gasteiger partial charge < -0.3 is 9.52 Å². The van der Waals surface area contributed by atoms with Crippen LogP contribution in [0.2, 0.25) is 0 Å². The van der Waals surface area contributed by atoms with Crippen molar-refractivity contribution in [1.29, 1.82) is 0 Å². The van der Waals surface area contributed by atoms with Crippen LogP contribution in [0.25, 0.3) is 22.2 Å². The van der Waals surface area contributed by atoms with Crippen molar-refractivity contribution in [2.75, 3.05) is 0 Å². The number of aryl methyl sites for hydroxylation is 1. The van der Waals surface area contributed by atoms with Crippen LogP contribution in [0.5, 0.6) is 0 Å². The van der Waals surface area contributed by atoms with Gasteiger partial charge in [-0.1, -0.05) is 0 Å². The van der Waals surface area contributed by atoms with Gasteiger partial charge in [0.15, 0.2) is 5.69 Å². The number of hydrogen-bond donors (Lipinski definition) is 1. The summed E-state index contributed by atoms with van der Waals surface area (Å²) >= 11 is 0. The van der Waals surface area contributed by atoms with Gasteiger partial charge in [0.2, 0.25) is 0 Å². The number of hydrogen-bond acceptors (Lipinski definition) is 3. The van der Waals surface area contributed by atoms with Crippen LogP contribution in [0.4, 0.5) is 4.39 Å². The largest absolute Gasteiger partial charge is 0.476 e. The maximum atomic E-state index is 14.0. The maximum Gasteiger partial charge on any atom is 0.356 e. The van der Waals surface area contributed by atoms with Gasteiger partial charge in [0.25, 0.3) is 0 Å². The van der Waals surface area contributed by atoms with E-state index in [1.165, 1.54) is 23.1 Å². The molecule has 0 fully saturated rings. The highest BCUT2D eigenvalue weighted by Crippen LogP contribution is 2.28. The van der Waals surface area contributed by atoms with Gasteiger partial charge in [-0.3, -0.25) is 4.68 Å². The molecule has 6 heteroatoms. The molecule has 0 amide bonds. The molecule has 3 aromatic rings. The number of carboxylic acid groups (broad SMARTS) is 1. The van der Waals surface area contributed by atoms with E-state index in [9.17, 15) is 9.18 Å². The quantitative estimate of drug-likeness (QED) is 0.769. The predicted octanol–water partition coefficient (Wildman–Crippen LogP) is 2.67. The van der Waals surface area contributed by atoms with E-state index >= 15 is 0 Å². The van der Waals surface area contributed by atoms with Crippen molar-refractivity contribution in [3.63, 3.8) is 0 Å². The highest BCUT2D eigenvalue weighted by Gasteiger charge is 2.16. The second-order valence-corrected chi connectivity index (χ2v) is 4.13. The molecule has 0 aliphatic heterocycles. The summed E-state index contributed by atoms with van der Waals surface area (Å²) in [4.78, 5) is 10.9. The molecule has 0 unspecified atom stereocenters. The first-order valence-corrected chi connectivity index (χ1v) is 5.51. The summed E-state index contributed by atoms with van der Waals surface area (Å²) in [6.45, 7) is 0. The van der Waals surface area contributed by atoms with Gasteiger partial charge in [-0.05, 0) is 18.2 Å². The van der Waals surface area contributed by atoms with Crippen LogP contribution in [0.1, 0.15) is 10.5 Å². The van der Waals surface area contributed by atoms with Gasteiger partial charge in [-0.2, -0.15) is 5.10 Å². The summed E-state index contributed by atoms with van der Waals surface area (Å²) in [6.07, 6.45) is 1.47. The number of benzene rings is 1. The Morgan fingerprint density at radius 1 is 1.42 bits per heavy atom. The van der Waals surface area contributed by atoms with Gasteiger partial charge in [0.05, 0.1) is 12.0 Å². The molecule has 0 aliphatic rings. The third-order valence-electron chi connectivity index (χ3n) is 2.92. The van der Waals surface area contributed by atoms with Crippen molar-refractivity contribution in [3.8, 4) is 11.3 Å². The Hall–Kier alpha value is -2.63. The van der Waals surface area contributed by atoms with Crippen molar-refractivity contribution in [3.05, 3.63) is 42.0 Å². The summed E-state index contributed by atoms with van der Waals surface area (Å²) in [6, 6.07) is 5.94. The minimum Gasteiger partial charge on any atom is -0.476 e. The highest BCUT2D eigenvalue weighted by atomic mass is 19.1. The van der Waals surface area contributed by atoms with E-state index in [2.05, 4.69) is 5.10 Å². The van der Waals surface area contributed by atoms with E-state index < -0.39 is 11.8 Å². The van der Waals surface area contributed by atoms with Gasteiger partial charge in [-0.15, -0.1) is 0 Å². The molecule has 0 bridgehead atoms. The predicted molar refractivity (Wildman–Crippen MR) is 65.3 cm³/mol. The fourth-order valence-corrected chi connectivity index (χ4v) is 2.00. The van der Waals surface area contributed by atoms with Crippen molar-refractivity contribution in [2.24, 2.45) is 7.05 Å². The Balaban J connectivity index is 2.23. The number of halogens is 1. The third kappa shape index (κ3) is 1.77. The zero-order valence-electron chi connectivity index (χ0n) is 9.92. The van der Waals surface area contributed by atoms with Gasteiger partial charge in [-0.25, -0.2) is 9.18 Å². The van der Waals surface area contributed by atoms with E-state index in [0.29, 0.717) is 11.3 Å². The van der Waals surface area contributed by atoms with Crippen LogP contribution in [0.3, 0.4) is 0 Å². The van der Waals surface area contributed by atoms with Crippen molar-refractivity contribution in [2.45, 2.75) is 0 Å². The maximum absolute atomic E-state index is 14.0. The molecule has 1 N–H and O–H groups in total. The van der Waals surface area contributed by atoms with Crippen LogP contribution < -0.4 is 0 Å². The van der Waals surface area contributed by atoms with Gasteiger partial charge in [0.1, 0.15) is 11.4 Å². The second kappa shape index (κ2) is 3.94. The van der Waals surface area contributed by atoms with Crippen LogP contribution in [0.15, 0.2) is 34.9 Å². The van der Waals surface area contributed by atoms with Crippen LogP contribution >= 0.6 is 0 Å². The number of carboxylic acids is 1. The van der Waals surface area contributed by atoms with Gasteiger partial charge >= 0.3 is 5.97 Å². The first kappa shape index (κ1) is 11.5. The number of fused-ring (bicyclic) bond motifs is 1. The summed E-state index contributed by atoms with van der Waals surface area (Å²) in [7, 11) is 1.57. The average molecular weight is 260 g/mol. The zero-order valence-corrected chi connectivity index (χ0v) is 9.92. The lowest BCUT2D eigenvalue weighted by Gasteiger charge is -2.03. The normalized spacial score (nSPS) is 11.1. The fraction of sp³-hybridized carbons (Fsp3) is 0.0769. The molecule has 19 heavy (non-hydrogen) atoms. The summed E-state index contributed by atoms with van der Waals surface area (Å²) < 4.78 is 20.5. The van der Waals surface area contributed by atoms with E-state index in [1.54, 1.807) is 19.2 Å². The fourth-order valence-electron chi connectivity index (χ4n) is 2.00.